The molecule has 1 aromatic carbocycles. The number of aromatic nitrogens is 3. The molecule has 0 N–H and O–H groups in total. The molecule has 0 fully saturated rings. The molecule has 0 aliphatic carbocycles. The fourth-order valence-corrected chi connectivity index (χ4v) is 3.50. The quantitative estimate of drug-likeness (QED) is 0.680. The molecule has 6 nitrogen and oxygen atoms in total. The molecule has 0 amide bonds. The van der Waals surface area contributed by atoms with Crippen molar-refractivity contribution in [3.63, 3.8) is 0 Å². The molecule has 0 unspecified atom stereocenters. The van der Waals surface area contributed by atoms with Gasteiger partial charge < -0.3 is 4.52 Å². The van der Waals surface area contributed by atoms with Gasteiger partial charge in [-0.1, -0.05) is 42.4 Å². The summed E-state index contributed by atoms with van der Waals surface area (Å²) in [6, 6.07) is 9.91. The van der Waals surface area contributed by atoms with Gasteiger partial charge in [-0.15, -0.1) is 11.3 Å². The van der Waals surface area contributed by atoms with E-state index in [4.69, 9.17) is 4.52 Å². The molecule has 0 aliphatic heterocycles. The second kappa shape index (κ2) is 6.59. The molecule has 3 aromatic rings. The van der Waals surface area contributed by atoms with Crippen molar-refractivity contribution in [3.05, 3.63) is 53.1 Å². The van der Waals surface area contributed by atoms with E-state index in [1.807, 2.05) is 35.7 Å². The Kier molecular flexibility index (Phi) is 4.53. The van der Waals surface area contributed by atoms with Crippen molar-refractivity contribution in [2.75, 3.05) is 5.75 Å². The van der Waals surface area contributed by atoms with Gasteiger partial charge in [0.15, 0.2) is 15.7 Å². The van der Waals surface area contributed by atoms with Crippen LogP contribution in [0.2, 0.25) is 0 Å². The van der Waals surface area contributed by atoms with Gasteiger partial charge in [0.2, 0.25) is 5.89 Å². The van der Waals surface area contributed by atoms with E-state index in [2.05, 4.69) is 15.1 Å². The molecule has 8 heteroatoms. The molecule has 0 radical (unpaired) electrons. The second-order valence-corrected chi connectivity index (χ2v) is 8.18. The highest BCUT2D eigenvalue weighted by atomic mass is 32.2. The zero-order valence-electron chi connectivity index (χ0n) is 12.5. The molecule has 23 heavy (non-hydrogen) atoms. The third-order valence-electron chi connectivity index (χ3n) is 3.21. The van der Waals surface area contributed by atoms with Crippen LogP contribution in [-0.4, -0.2) is 29.3 Å². The van der Waals surface area contributed by atoms with Crippen molar-refractivity contribution in [3.8, 4) is 10.6 Å². The first kappa shape index (κ1) is 15.8. The molecule has 0 spiro atoms. The summed E-state index contributed by atoms with van der Waals surface area (Å²) in [5.41, 5.74) is 1.89. The van der Waals surface area contributed by atoms with Crippen molar-refractivity contribution < 1.29 is 12.9 Å². The van der Waals surface area contributed by atoms with Crippen LogP contribution in [-0.2, 0) is 22.0 Å². The Balaban J connectivity index is 1.71. The number of sulfone groups is 1. The highest BCUT2D eigenvalue weighted by Gasteiger charge is 2.16. The van der Waals surface area contributed by atoms with Crippen LogP contribution in [0, 0.1) is 0 Å². The molecule has 0 bridgehead atoms. The summed E-state index contributed by atoms with van der Waals surface area (Å²) in [6.45, 7) is 1.59. The highest BCUT2D eigenvalue weighted by Crippen LogP contribution is 2.24. The van der Waals surface area contributed by atoms with Crippen LogP contribution >= 0.6 is 11.3 Å². The van der Waals surface area contributed by atoms with Crippen molar-refractivity contribution in [1.29, 1.82) is 0 Å². The maximum atomic E-state index is 11.6. The van der Waals surface area contributed by atoms with Crippen molar-refractivity contribution >= 4 is 21.2 Å². The van der Waals surface area contributed by atoms with E-state index < -0.39 is 9.84 Å². The van der Waals surface area contributed by atoms with Gasteiger partial charge in [-0.2, -0.15) is 4.98 Å². The van der Waals surface area contributed by atoms with E-state index in [0.717, 1.165) is 16.3 Å². The number of benzene rings is 1. The first-order valence-electron chi connectivity index (χ1n) is 7.07. The van der Waals surface area contributed by atoms with Crippen molar-refractivity contribution in [1.82, 2.24) is 15.1 Å². The predicted octanol–water partition coefficient (Wildman–Crippen LogP) is 2.72. The zero-order valence-corrected chi connectivity index (χ0v) is 14.1. The van der Waals surface area contributed by atoms with Gasteiger partial charge in [-0.3, -0.25) is 0 Å². The lowest BCUT2D eigenvalue weighted by molar-refractivity contribution is 0.383. The molecule has 2 aromatic heterocycles. The maximum Gasteiger partial charge on any atom is 0.241 e. The van der Waals surface area contributed by atoms with Gasteiger partial charge in [-0.25, -0.2) is 13.4 Å². The molecule has 0 aliphatic rings. The fraction of sp³-hybridized carbons (Fsp3) is 0.267. The Morgan fingerprint density at radius 1 is 1.17 bits per heavy atom. The molecule has 2 heterocycles. The van der Waals surface area contributed by atoms with Gasteiger partial charge >= 0.3 is 0 Å². The van der Waals surface area contributed by atoms with E-state index in [1.165, 1.54) is 0 Å². The minimum atomic E-state index is -3.17. The Bertz CT molecular complexity index is 886. The van der Waals surface area contributed by atoms with Crippen LogP contribution < -0.4 is 0 Å². The third kappa shape index (κ3) is 4.02. The fourth-order valence-electron chi connectivity index (χ4n) is 1.97. The lowest BCUT2D eigenvalue weighted by atomic mass is 10.2. The van der Waals surface area contributed by atoms with E-state index in [-0.39, 0.29) is 17.4 Å². The van der Waals surface area contributed by atoms with Crippen molar-refractivity contribution in [2.24, 2.45) is 0 Å². The summed E-state index contributed by atoms with van der Waals surface area (Å²) < 4.78 is 28.1. The van der Waals surface area contributed by atoms with Crippen LogP contribution in [0.1, 0.15) is 24.3 Å². The summed E-state index contributed by atoms with van der Waals surface area (Å²) in [5.74, 6) is 0.400. The smallest absolute Gasteiger partial charge is 0.241 e. The normalized spacial score (nSPS) is 11.7. The first-order chi connectivity index (χ1) is 11.1. The zero-order chi connectivity index (χ0) is 16.3. The Labute approximate surface area is 138 Å². The van der Waals surface area contributed by atoms with Gasteiger partial charge in [0.05, 0.1) is 12.1 Å². The average Bonchev–Trinajstić information content (AvgIpc) is 3.18. The Hall–Kier alpha value is -2.06. The number of hydrogen-bond acceptors (Lipinski definition) is 7. The summed E-state index contributed by atoms with van der Waals surface area (Å²) in [5, 5.41) is 6.70. The summed E-state index contributed by atoms with van der Waals surface area (Å²) in [4.78, 5) is 8.68. The molecule has 0 atom stereocenters. The minimum Gasteiger partial charge on any atom is -0.338 e. The summed E-state index contributed by atoms with van der Waals surface area (Å²) in [6.07, 6.45) is 0.416. The monoisotopic (exact) mass is 349 g/mol. The molecule has 3 rings (SSSR count). The maximum absolute atomic E-state index is 11.6. The van der Waals surface area contributed by atoms with E-state index in [1.54, 1.807) is 18.3 Å². The second-order valence-electron chi connectivity index (χ2n) is 4.97. The van der Waals surface area contributed by atoms with E-state index >= 15 is 0 Å². The summed E-state index contributed by atoms with van der Waals surface area (Å²) in [7, 11) is -3.17. The number of hydrogen-bond donors (Lipinski definition) is 0. The Morgan fingerprint density at radius 2 is 1.96 bits per heavy atom. The summed E-state index contributed by atoms with van der Waals surface area (Å²) >= 11 is 1.55. The highest BCUT2D eigenvalue weighted by molar-refractivity contribution is 7.90. The first-order valence-corrected chi connectivity index (χ1v) is 9.77. The largest absolute Gasteiger partial charge is 0.338 e. The molecule has 120 valence electrons. The number of nitrogens with zero attached hydrogens (tertiary/aromatic N) is 3. The van der Waals surface area contributed by atoms with Crippen LogP contribution in [0.15, 0.2) is 40.2 Å². The average molecular weight is 349 g/mol. The standard InChI is InChI=1S/C15H15N3O3S2/c1-2-23(19,20)10-14-17-13(18-21-14)8-12-9-22-15(16-12)11-6-4-3-5-7-11/h3-7,9H,2,8,10H2,1H3. The van der Waals surface area contributed by atoms with Crippen LogP contribution in [0.5, 0.6) is 0 Å². The van der Waals surface area contributed by atoms with Gasteiger partial charge in [0, 0.05) is 16.7 Å². The van der Waals surface area contributed by atoms with Crippen LogP contribution in [0.4, 0.5) is 0 Å². The van der Waals surface area contributed by atoms with E-state index in [9.17, 15) is 8.42 Å². The Morgan fingerprint density at radius 3 is 2.70 bits per heavy atom. The van der Waals surface area contributed by atoms with Gasteiger partial charge in [0.25, 0.3) is 0 Å². The third-order valence-corrected chi connectivity index (χ3v) is 5.71. The van der Waals surface area contributed by atoms with Crippen LogP contribution in [0.25, 0.3) is 10.6 Å². The number of thiazole rings is 1. The van der Waals surface area contributed by atoms with Crippen LogP contribution in [0.3, 0.4) is 0 Å². The minimum absolute atomic E-state index is 0.0528. The van der Waals surface area contributed by atoms with Gasteiger partial charge in [0.1, 0.15) is 10.8 Å². The predicted molar refractivity (Wildman–Crippen MR) is 87.8 cm³/mol. The lowest BCUT2D eigenvalue weighted by Gasteiger charge is -1.94. The molecular formula is C15H15N3O3S2. The van der Waals surface area contributed by atoms with Crippen molar-refractivity contribution in [2.45, 2.75) is 19.1 Å². The SMILES string of the molecule is CCS(=O)(=O)Cc1nc(Cc2csc(-c3ccccc3)n2)no1. The molecule has 0 saturated heterocycles. The molecular weight excluding hydrogens is 334 g/mol. The topological polar surface area (TPSA) is 86.0 Å². The number of rotatable bonds is 6. The van der Waals surface area contributed by atoms with Gasteiger partial charge in [-0.05, 0) is 0 Å². The lowest BCUT2D eigenvalue weighted by Crippen LogP contribution is -2.06. The van der Waals surface area contributed by atoms with E-state index in [0.29, 0.717) is 12.2 Å². The molecule has 0 saturated carbocycles.